The lowest BCUT2D eigenvalue weighted by atomic mass is 10.1. The molecule has 0 radical (unpaired) electrons. The Morgan fingerprint density at radius 3 is 3.16 bits per heavy atom. The smallest absolute Gasteiger partial charge is 0.318 e. The molecule has 3 unspecified atom stereocenters. The first kappa shape index (κ1) is 12.9. The van der Waals surface area contributed by atoms with Gasteiger partial charge in [0.15, 0.2) is 0 Å². The summed E-state index contributed by atoms with van der Waals surface area (Å²) in [5.41, 5.74) is 0. The van der Waals surface area contributed by atoms with E-state index in [1.165, 1.54) is 6.42 Å². The molecule has 0 amide bonds. The van der Waals surface area contributed by atoms with Crippen LogP contribution in [0, 0.1) is 0 Å². The van der Waals surface area contributed by atoms with Crippen molar-refractivity contribution in [2.75, 3.05) is 24.6 Å². The van der Waals surface area contributed by atoms with E-state index in [9.17, 15) is 0 Å². The van der Waals surface area contributed by atoms with Crippen molar-refractivity contribution in [3.8, 4) is 0 Å². The van der Waals surface area contributed by atoms with Crippen LogP contribution in [0.15, 0.2) is 4.42 Å². The summed E-state index contributed by atoms with van der Waals surface area (Å²) in [5.74, 6) is 0.665. The van der Waals surface area contributed by atoms with E-state index < -0.39 is 0 Å². The van der Waals surface area contributed by atoms with Crippen molar-refractivity contribution < 1.29 is 9.15 Å². The minimum absolute atomic E-state index is 0.103. The number of hydrogen-bond donors (Lipinski definition) is 1. The first-order valence-electron chi connectivity index (χ1n) is 7.24. The Morgan fingerprint density at radius 1 is 1.42 bits per heavy atom. The molecule has 1 aromatic heterocycles. The Hall–Kier alpha value is -1.14. The predicted molar refractivity (Wildman–Crippen MR) is 71.1 cm³/mol. The molecule has 0 aromatic carbocycles. The van der Waals surface area contributed by atoms with Crippen molar-refractivity contribution in [3.05, 3.63) is 5.89 Å². The van der Waals surface area contributed by atoms with Gasteiger partial charge in [-0.25, -0.2) is 0 Å². The number of nitrogens with zero attached hydrogens (tertiary/aromatic N) is 3. The lowest BCUT2D eigenvalue weighted by Crippen LogP contribution is -2.48. The number of aromatic nitrogens is 2. The van der Waals surface area contributed by atoms with Gasteiger partial charge in [-0.1, -0.05) is 12.0 Å². The molecule has 6 heteroatoms. The fraction of sp³-hybridized carbons (Fsp3) is 0.846. The SMILES string of the molecule is CCNC(C)c1nnc(N2CCOC3CCCC32)o1. The Bertz CT molecular complexity index is 423. The van der Waals surface area contributed by atoms with Crippen molar-refractivity contribution >= 4 is 6.01 Å². The number of morpholine rings is 1. The number of rotatable bonds is 4. The molecule has 1 aliphatic carbocycles. The molecule has 2 heterocycles. The lowest BCUT2D eigenvalue weighted by molar-refractivity contribution is 0.0235. The van der Waals surface area contributed by atoms with Gasteiger partial charge in [0.1, 0.15) is 0 Å². The van der Waals surface area contributed by atoms with E-state index in [1.54, 1.807) is 0 Å². The van der Waals surface area contributed by atoms with Gasteiger partial charge < -0.3 is 19.4 Å². The van der Waals surface area contributed by atoms with Gasteiger partial charge in [-0.3, -0.25) is 0 Å². The van der Waals surface area contributed by atoms with Crippen LogP contribution in [0.4, 0.5) is 6.01 Å². The zero-order chi connectivity index (χ0) is 13.2. The van der Waals surface area contributed by atoms with Crippen LogP contribution in [0.25, 0.3) is 0 Å². The predicted octanol–water partition coefficient (Wildman–Crippen LogP) is 1.50. The summed E-state index contributed by atoms with van der Waals surface area (Å²) in [6.45, 7) is 6.60. The molecule has 0 bridgehead atoms. The third kappa shape index (κ3) is 2.47. The molecule has 1 saturated heterocycles. The molecule has 2 fully saturated rings. The molecule has 106 valence electrons. The Kier molecular flexibility index (Phi) is 3.70. The molecule has 3 atom stereocenters. The van der Waals surface area contributed by atoms with Crippen molar-refractivity contribution in [1.82, 2.24) is 15.5 Å². The summed E-state index contributed by atoms with van der Waals surface area (Å²) in [6.07, 6.45) is 3.87. The van der Waals surface area contributed by atoms with Gasteiger partial charge in [-0.05, 0) is 32.7 Å². The molecule has 1 N–H and O–H groups in total. The van der Waals surface area contributed by atoms with Gasteiger partial charge in [0.05, 0.1) is 24.8 Å². The molecule has 1 aliphatic heterocycles. The first-order chi connectivity index (χ1) is 9.29. The molecular weight excluding hydrogens is 244 g/mol. The van der Waals surface area contributed by atoms with Crippen molar-refractivity contribution in [2.24, 2.45) is 0 Å². The van der Waals surface area contributed by atoms with Gasteiger partial charge in [0.25, 0.3) is 0 Å². The minimum atomic E-state index is 0.103. The average Bonchev–Trinajstić information content (AvgIpc) is 3.07. The average molecular weight is 266 g/mol. The van der Waals surface area contributed by atoms with Crippen molar-refractivity contribution in [2.45, 2.75) is 51.3 Å². The quantitative estimate of drug-likeness (QED) is 0.891. The van der Waals surface area contributed by atoms with Gasteiger partial charge in [0, 0.05) is 6.54 Å². The highest BCUT2D eigenvalue weighted by Gasteiger charge is 2.38. The van der Waals surface area contributed by atoms with E-state index in [0.717, 1.165) is 32.5 Å². The number of anilines is 1. The fourth-order valence-corrected chi connectivity index (χ4v) is 3.07. The largest absolute Gasteiger partial charge is 0.406 e. The summed E-state index contributed by atoms with van der Waals surface area (Å²) in [4.78, 5) is 2.23. The molecule has 1 saturated carbocycles. The van der Waals surface area contributed by atoms with Gasteiger partial charge >= 0.3 is 6.01 Å². The normalized spacial score (nSPS) is 28.4. The van der Waals surface area contributed by atoms with Crippen LogP contribution < -0.4 is 10.2 Å². The van der Waals surface area contributed by atoms with Crippen molar-refractivity contribution in [3.63, 3.8) is 0 Å². The lowest BCUT2D eigenvalue weighted by Gasteiger charge is -2.36. The van der Waals surface area contributed by atoms with Crippen LogP contribution in [-0.4, -0.2) is 42.0 Å². The highest BCUT2D eigenvalue weighted by molar-refractivity contribution is 5.29. The third-order valence-corrected chi connectivity index (χ3v) is 4.04. The third-order valence-electron chi connectivity index (χ3n) is 4.04. The molecular formula is C13H22N4O2. The number of nitrogens with one attached hydrogen (secondary N) is 1. The molecule has 19 heavy (non-hydrogen) atoms. The number of ether oxygens (including phenoxy) is 1. The maximum absolute atomic E-state index is 5.83. The zero-order valence-electron chi connectivity index (χ0n) is 11.6. The molecule has 0 spiro atoms. The van der Waals surface area contributed by atoms with Crippen molar-refractivity contribution in [1.29, 1.82) is 0 Å². The van der Waals surface area contributed by atoms with Crippen LogP contribution in [0.3, 0.4) is 0 Å². The second-order valence-corrected chi connectivity index (χ2v) is 5.30. The second-order valence-electron chi connectivity index (χ2n) is 5.30. The fourth-order valence-electron chi connectivity index (χ4n) is 3.07. The molecule has 2 aliphatic rings. The summed E-state index contributed by atoms with van der Waals surface area (Å²) in [7, 11) is 0. The van der Waals surface area contributed by atoms with E-state index in [4.69, 9.17) is 9.15 Å². The number of hydrogen-bond acceptors (Lipinski definition) is 6. The Balaban J connectivity index is 1.74. The van der Waals surface area contributed by atoms with Crippen LogP contribution >= 0.6 is 0 Å². The molecule has 1 aromatic rings. The summed E-state index contributed by atoms with van der Waals surface area (Å²) in [6, 6.07) is 1.17. The van der Waals surface area contributed by atoms with Gasteiger partial charge in [-0.2, -0.15) is 0 Å². The van der Waals surface area contributed by atoms with E-state index in [1.807, 2.05) is 6.92 Å². The van der Waals surface area contributed by atoms with Gasteiger partial charge in [0.2, 0.25) is 5.89 Å². The zero-order valence-corrected chi connectivity index (χ0v) is 11.6. The monoisotopic (exact) mass is 266 g/mol. The van der Waals surface area contributed by atoms with Crippen LogP contribution in [0.1, 0.15) is 45.0 Å². The van der Waals surface area contributed by atoms with E-state index >= 15 is 0 Å². The Morgan fingerprint density at radius 2 is 2.32 bits per heavy atom. The minimum Gasteiger partial charge on any atom is -0.406 e. The van der Waals surface area contributed by atoms with E-state index in [0.29, 0.717) is 24.1 Å². The highest BCUT2D eigenvalue weighted by atomic mass is 16.5. The maximum atomic E-state index is 5.83. The highest BCUT2D eigenvalue weighted by Crippen LogP contribution is 2.32. The molecule has 6 nitrogen and oxygen atoms in total. The molecule has 3 rings (SSSR count). The van der Waals surface area contributed by atoms with E-state index in [2.05, 4.69) is 27.3 Å². The maximum Gasteiger partial charge on any atom is 0.318 e. The summed E-state index contributed by atoms with van der Waals surface area (Å²) < 4.78 is 11.6. The summed E-state index contributed by atoms with van der Waals surface area (Å²) >= 11 is 0. The van der Waals surface area contributed by atoms with Gasteiger partial charge in [-0.15, -0.1) is 5.10 Å². The van der Waals surface area contributed by atoms with Crippen LogP contribution in [0.5, 0.6) is 0 Å². The Labute approximate surface area is 113 Å². The summed E-state index contributed by atoms with van der Waals surface area (Å²) in [5, 5.41) is 11.7. The second kappa shape index (κ2) is 5.46. The van der Waals surface area contributed by atoms with Crippen LogP contribution in [-0.2, 0) is 4.74 Å². The standard InChI is InChI=1S/C13H22N4O2/c1-3-14-9(2)12-15-16-13(19-12)17-7-8-18-11-6-4-5-10(11)17/h9-11,14H,3-8H2,1-2H3. The topological polar surface area (TPSA) is 63.4 Å². The van der Waals surface area contributed by atoms with Crippen LogP contribution in [0.2, 0.25) is 0 Å². The number of fused-ring (bicyclic) bond motifs is 1. The first-order valence-corrected chi connectivity index (χ1v) is 7.24. The van der Waals surface area contributed by atoms with E-state index in [-0.39, 0.29) is 6.04 Å².